The first-order valence-electron chi connectivity index (χ1n) is 9.72. The van der Waals surface area contributed by atoms with Gasteiger partial charge in [0, 0.05) is 18.0 Å². The Balaban J connectivity index is 1.33. The van der Waals surface area contributed by atoms with Crippen LogP contribution in [-0.4, -0.2) is 37.0 Å². The summed E-state index contributed by atoms with van der Waals surface area (Å²) in [7, 11) is 0. The third-order valence-electron chi connectivity index (χ3n) is 5.47. The van der Waals surface area contributed by atoms with Crippen LogP contribution in [-0.2, 0) is 12.7 Å². The highest BCUT2D eigenvalue weighted by Crippen LogP contribution is 2.33. The fourth-order valence-electron chi connectivity index (χ4n) is 3.84. The van der Waals surface area contributed by atoms with Crippen molar-refractivity contribution in [2.45, 2.75) is 25.6 Å². The summed E-state index contributed by atoms with van der Waals surface area (Å²) >= 11 is 0. The normalized spacial score (nSPS) is 17.9. The number of nitrogens with zero attached hydrogens (tertiary/aromatic N) is 1. The van der Waals surface area contributed by atoms with Gasteiger partial charge >= 0.3 is 6.18 Å². The van der Waals surface area contributed by atoms with Gasteiger partial charge in [-0.2, -0.15) is 13.2 Å². The van der Waals surface area contributed by atoms with Crippen molar-refractivity contribution in [2.75, 3.05) is 26.3 Å². The zero-order valence-electron chi connectivity index (χ0n) is 15.9. The minimum Gasteiger partial charge on any atom is -0.486 e. The van der Waals surface area contributed by atoms with E-state index in [0.717, 1.165) is 43.6 Å². The lowest BCUT2D eigenvalue weighted by atomic mass is 9.88. The fourth-order valence-corrected chi connectivity index (χ4v) is 3.84. The second-order valence-electron chi connectivity index (χ2n) is 7.47. The molecule has 0 amide bonds. The molecule has 0 spiro atoms. The summed E-state index contributed by atoms with van der Waals surface area (Å²) in [5, 5.41) is 0. The lowest BCUT2D eigenvalue weighted by molar-refractivity contribution is -0.137. The molecule has 0 aromatic heterocycles. The molecule has 2 aliphatic rings. The number of halogens is 3. The van der Waals surface area contributed by atoms with Gasteiger partial charge in [-0.1, -0.05) is 12.1 Å². The van der Waals surface area contributed by atoms with Crippen LogP contribution in [0.5, 0.6) is 11.5 Å². The summed E-state index contributed by atoms with van der Waals surface area (Å²) < 4.78 is 49.1. The Morgan fingerprint density at radius 1 is 0.966 bits per heavy atom. The van der Waals surface area contributed by atoms with Crippen molar-refractivity contribution >= 4 is 5.78 Å². The third-order valence-corrected chi connectivity index (χ3v) is 5.47. The first-order valence-corrected chi connectivity index (χ1v) is 9.72. The fraction of sp³-hybridized carbons (Fsp3) is 0.409. The van der Waals surface area contributed by atoms with E-state index in [1.165, 1.54) is 12.1 Å². The number of hydrogen-bond donors (Lipinski definition) is 0. The van der Waals surface area contributed by atoms with Crippen LogP contribution in [0.4, 0.5) is 13.2 Å². The van der Waals surface area contributed by atoms with Crippen molar-refractivity contribution in [1.82, 2.24) is 4.90 Å². The van der Waals surface area contributed by atoms with Gasteiger partial charge in [-0.05, 0) is 61.8 Å². The maximum atomic E-state index is 12.9. The summed E-state index contributed by atoms with van der Waals surface area (Å²) in [4.78, 5) is 15.0. The standard InChI is InChI=1S/C22H22F3NO3/c23-22(24,25)18-4-1-15(2-5-18)14-26-9-7-16(8-10-26)21(27)17-3-6-19-20(13-17)29-12-11-28-19/h1-6,13,16H,7-12,14H2. The van der Waals surface area contributed by atoms with E-state index in [9.17, 15) is 18.0 Å². The van der Waals surface area contributed by atoms with Crippen LogP contribution >= 0.6 is 0 Å². The molecule has 0 N–H and O–H groups in total. The Morgan fingerprint density at radius 3 is 2.28 bits per heavy atom. The molecule has 0 atom stereocenters. The first-order chi connectivity index (χ1) is 13.9. The third kappa shape index (κ3) is 4.56. The monoisotopic (exact) mass is 405 g/mol. The zero-order valence-corrected chi connectivity index (χ0v) is 15.9. The maximum absolute atomic E-state index is 12.9. The molecule has 154 valence electrons. The van der Waals surface area contributed by atoms with E-state index in [1.54, 1.807) is 18.2 Å². The molecule has 1 fully saturated rings. The molecule has 0 bridgehead atoms. The van der Waals surface area contributed by atoms with E-state index in [-0.39, 0.29) is 11.7 Å². The highest BCUT2D eigenvalue weighted by molar-refractivity contribution is 5.98. The van der Waals surface area contributed by atoms with Crippen LogP contribution < -0.4 is 9.47 Å². The average Bonchev–Trinajstić information content (AvgIpc) is 2.73. The van der Waals surface area contributed by atoms with Crippen LogP contribution in [0.15, 0.2) is 42.5 Å². The van der Waals surface area contributed by atoms with Crippen molar-refractivity contribution in [3.05, 3.63) is 59.2 Å². The van der Waals surface area contributed by atoms with Crippen molar-refractivity contribution < 1.29 is 27.4 Å². The number of likely N-dealkylation sites (tertiary alicyclic amines) is 1. The van der Waals surface area contributed by atoms with Crippen LogP contribution in [0, 0.1) is 5.92 Å². The minimum atomic E-state index is -4.31. The van der Waals surface area contributed by atoms with Gasteiger partial charge < -0.3 is 9.47 Å². The van der Waals surface area contributed by atoms with Gasteiger partial charge in [0.2, 0.25) is 0 Å². The molecule has 0 aliphatic carbocycles. The Morgan fingerprint density at radius 2 is 1.62 bits per heavy atom. The zero-order chi connectivity index (χ0) is 20.4. The lowest BCUT2D eigenvalue weighted by Crippen LogP contribution is -2.36. The second-order valence-corrected chi connectivity index (χ2v) is 7.47. The van der Waals surface area contributed by atoms with Crippen LogP contribution in [0.2, 0.25) is 0 Å². The highest BCUT2D eigenvalue weighted by atomic mass is 19.4. The Kier molecular flexibility index (Phi) is 5.50. The van der Waals surface area contributed by atoms with Gasteiger partial charge in [0.05, 0.1) is 5.56 Å². The average molecular weight is 405 g/mol. The van der Waals surface area contributed by atoms with Gasteiger partial charge in [-0.25, -0.2) is 0 Å². The predicted octanol–water partition coefficient (Wildman–Crippen LogP) is 4.57. The number of rotatable bonds is 4. The van der Waals surface area contributed by atoms with Gasteiger partial charge in [-0.3, -0.25) is 9.69 Å². The van der Waals surface area contributed by atoms with E-state index >= 15 is 0 Å². The quantitative estimate of drug-likeness (QED) is 0.699. The van der Waals surface area contributed by atoms with E-state index in [1.807, 2.05) is 0 Å². The molecule has 4 nitrogen and oxygen atoms in total. The number of ketones is 1. The highest BCUT2D eigenvalue weighted by Gasteiger charge is 2.30. The largest absolute Gasteiger partial charge is 0.486 e. The Labute approximate surface area is 167 Å². The molecule has 4 rings (SSSR count). The Hall–Kier alpha value is -2.54. The number of Topliss-reactive ketones (excluding diaryl/α,β-unsaturated/α-hetero) is 1. The first kappa shape index (κ1) is 19.8. The number of carbonyl (C=O) groups excluding carboxylic acids is 1. The molecular weight excluding hydrogens is 383 g/mol. The van der Waals surface area contributed by atoms with E-state index < -0.39 is 11.7 Å². The number of ether oxygens (including phenoxy) is 2. The number of hydrogen-bond acceptors (Lipinski definition) is 4. The number of piperidine rings is 1. The Bertz CT molecular complexity index is 872. The number of benzene rings is 2. The van der Waals surface area contributed by atoms with E-state index in [4.69, 9.17) is 9.47 Å². The topological polar surface area (TPSA) is 38.8 Å². The predicted molar refractivity (Wildman–Crippen MR) is 101 cm³/mol. The summed E-state index contributed by atoms with van der Waals surface area (Å²) in [5.74, 6) is 1.33. The number of fused-ring (bicyclic) bond motifs is 1. The SMILES string of the molecule is O=C(c1ccc2c(c1)OCCO2)C1CCN(Cc2ccc(C(F)(F)F)cc2)CC1. The summed E-state index contributed by atoms with van der Waals surface area (Å²) in [6.45, 7) is 3.05. The van der Waals surface area contributed by atoms with Gasteiger partial charge in [0.1, 0.15) is 13.2 Å². The molecular formula is C22H22F3NO3. The molecule has 29 heavy (non-hydrogen) atoms. The van der Waals surface area contributed by atoms with Crippen LogP contribution in [0.25, 0.3) is 0 Å². The summed E-state index contributed by atoms with van der Waals surface area (Å²) in [6, 6.07) is 10.6. The minimum absolute atomic E-state index is 0.0542. The summed E-state index contributed by atoms with van der Waals surface area (Å²) in [5.41, 5.74) is 0.843. The van der Waals surface area contributed by atoms with Crippen molar-refractivity contribution in [1.29, 1.82) is 0 Å². The lowest BCUT2D eigenvalue weighted by Gasteiger charge is -2.31. The molecule has 0 radical (unpaired) electrons. The van der Waals surface area contributed by atoms with E-state index in [0.29, 0.717) is 36.8 Å². The van der Waals surface area contributed by atoms with Gasteiger partial charge in [0.25, 0.3) is 0 Å². The van der Waals surface area contributed by atoms with E-state index in [2.05, 4.69) is 4.90 Å². The van der Waals surface area contributed by atoms with Crippen molar-refractivity contribution in [2.24, 2.45) is 5.92 Å². The molecule has 2 heterocycles. The second kappa shape index (κ2) is 8.06. The van der Waals surface area contributed by atoms with Crippen molar-refractivity contribution in [3.63, 3.8) is 0 Å². The molecule has 0 unspecified atom stereocenters. The molecule has 2 aliphatic heterocycles. The smallest absolute Gasteiger partial charge is 0.416 e. The molecule has 0 saturated carbocycles. The van der Waals surface area contributed by atoms with Gasteiger partial charge in [-0.15, -0.1) is 0 Å². The molecule has 7 heteroatoms. The van der Waals surface area contributed by atoms with Crippen LogP contribution in [0.3, 0.4) is 0 Å². The maximum Gasteiger partial charge on any atom is 0.416 e. The summed E-state index contributed by atoms with van der Waals surface area (Å²) in [6.07, 6.45) is -2.85. The number of carbonyl (C=O) groups is 1. The van der Waals surface area contributed by atoms with Gasteiger partial charge in [0.15, 0.2) is 17.3 Å². The number of alkyl halides is 3. The molecule has 1 saturated heterocycles. The molecule has 2 aromatic carbocycles. The molecule has 2 aromatic rings. The van der Waals surface area contributed by atoms with Crippen molar-refractivity contribution in [3.8, 4) is 11.5 Å². The van der Waals surface area contributed by atoms with Crippen LogP contribution in [0.1, 0.15) is 34.3 Å².